The molecule has 0 fully saturated rings. The predicted octanol–water partition coefficient (Wildman–Crippen LogP) is 4.54. The first-order valence-corrected chi connectivity index (χ1v) is 9.74. The van der Waals surface area contributed by atoms with Gasteiger partial charge in [0.1, 0.15) is 0 Å². The van der Waals surface area contributed by atoms with Gasteiger partial charge >= 0.3 is 0 Å². The van der Waals surface area contributed by atoms with Crippen molar-refractivity contribution in [2.24, 2.45) is 0 Å². The molecule has 140 valence electrons. The van der Waals surface area contributed by atoms with Gasteiger partial charge in [0.05, 0.1) is 19.3 Å². The Morgan fingerprint density at radius 1 is 0.769 bits per heavy atom. The predicted molar refractivity (Wildman–Crippen MR) is 101 cm³/mol. The van der Waals surface area contributed by atoms with Crippen molar-refractivity contribution in [3.8, 4) is 0 Å². The van der Waals surface area contributed by atoms with Crippen LogP contribution in [0.2, 0.25) is 0 Å². The monoisotopic (exact) mass is 380 g/mol. The molecular weight excluding hydrogens is 358 g/mol. The van der Waals surface area contributed by atoms with E-state index in [1.807, 2.05) is 30.3 Å². The van der Waals surface area contributed by atoms with Gasteiger partial charge in [-0.3, -0.25) is 13.6 Å². The van der Waals surface area contributed by atoms with Gasteiger partial charge in [-0.05, 0) is 35.3 Å². The van der Waals surface area contributed by atoms with Crippen LogP contribution in [0, 0.1) is 0 Å². The lowest BCUT2D eigenvalue weighted by molar-refractivity contribution is -0.113. The average molecular weight is 380 g/mol. The van der Waals surface area contributed by atoms with Crippen molar-refractivity contribution in [3.05, 3.63) is 65.7 Å². The minimum absolute atomic E-state index is 0.147. The normalized spacial score (nSPS) is 13.5. The average Bonchev–Trinajstić information content (AvgIpc) is 3.06. The Hall–Kier alpha value is -2.34. The van der Waals surface area contributed by atoms with Crippen molar-refractivity contribution in [2.75, 3.05) is 20.6 Å². The van der Waals surface area contributed by atoms with Gasteiger partial charge in [-0.1, -0.05) is 42.5 Å². The first-order valence-electron chi connectivity index (χ1n) is 7.84. The molecule has 3 nitrogen and oxygen atoms in total. The molecular formula is C20H22F2O3S. The topological polar surface area (TPSA) is 51.2 Å². The van der Waals surface area contributed by atoms with Crippen LogP contribution in [0.1, 0.15) is 24.0 Å². The number of Topliss-reactive ketones (excluding diaryl/α,β-unsaturated/α-hetero) is 1. The van der Waals surface area contributed by atoms with E-state index < -0.39 is 9.84 Å². The number of rotatable bonds is 3. The second-order valence-corrected chi connectivity index (χ2v) is 7.46. The Bertz CT molecular complexity index is 856. The first-order chi connectivity index (χ1) is 12.5. The van der Waals surface area contributed by atoms with E-state index in [9.17, 15) is 22.0 Å². The molecule has 0 amide bonds. The summed E-state index contributed by atoms with van der Waals surface area (Å²) in [7, 11) is -2.20. The van der Waals surface area contributed by atoms with Crippen LogP contribution in [-0.2, 0) is 14.6 Å². The number of hydrogen-bond donors (Lipinski definition) is 0. The number of benzene rings is 2. The molecule has 0 spiro atoms. The summed E-state index contributed by atoms with van der Waals surface area (Å²) in [5.74, 6) is 0.147. The number of ketones is 1. The van der Waals surface area contributed by atoms with Gasteiger partial charge in [-0.2, -0.15) is 0 Å². The zero-order valence-corrected chi connectivity index (χ0v) is 15.8. The lowest BCUT2D eigenvalue weighted by Crippen LogP contribution is -1.97. The number of sulfone groups is 1. The van der Waals surface area contributed by atoms with Crippen molar-refractivity contribution < 1.29 is 22.0 Å². The van der Waals surface area contributed by atoms with Crippen molar-refractivity contribution in [2.45, 2.75) is 17.7 Å². The summed E-state index contributed by atoms with van der Waals surface area (Å²) < 4.78 is 42.1. The molecule has 1 aliphatic rings. The van der Waals surface area contributed by atoms with Crippen molar-refractivity contribution >= 4 is 26.8 Å². The van der Waals surface area contributed by atoms with E-state index in [1.165, 1.54) is 6.26 Å². The molecule has 2 aromatic rings. The maximum atomic E-state index is 12.2. The van der Waals surface area contributed by atoms with Crippen LogP contribution in [0.25, 0.3) is 11.1 Å². The first kappa shape index (κ1) is 21.7. The molecule has 26 heavy (non-hydrogen) atoms. The van der Waals surface area contributed by atoms with E-state index in [2.05, 4.69) is 0 Å². The highest BCUT2D eigenvalue weighted by Gasteiger charge is 2.25. The van der Waals surface area contributed by atoms with Crippen molar-refractivity contribution in [3.63, 3.8) is 0 Å². The maximum Gasteiger partial charge on any atom is 0.175 e. The van der Waals surface area contributed by atoms with Gasteiger partial charge in [0.2, 0.25) is 0 Å². The van der Waals surface area contributed by atoms with Crippen LogP contribution in [0.5, 0.6) is 0 Å². The third-order valence-corrected chi connectivity index (χ3v) is 5.00. The van der Waals surface area contributed by atoms with E-state index in [-0.39, 0.29) is 5.78 Å². The van der Waals surface area contributed by atoms with Gasteiger partial charge < -0.3 is 0 Å². The SMILES string of the molecule is CF.CF.CS(=O)(=O)c1ccc(C2=C(c3ccccc3)C(=O)CC2)cc1. The second-order valence-electron chi connectivity index (χ2n) is 5.44. The quantitative estimate of drug-likeness (QED) is 0.786. The van der Waals surface area contributed by atoms with Gasteiger partial charge in [0, 0.05) is 18.2 Å². The Balaban J connectivity index is 0.000000791. The van der Waals surface area contributed by atoms with Crippen LogP contribution < -0.4 is 0 Å². The molecule has 0 N–H and O–H groups in total. The molecule has 2 aromatic carbocycles. The highest BCUT2D eigenvalue weighted by Crippen LogP contribution is 2.37. The maximum absolute atomic E-state index is 12.2. The van der Waals surface area contributed by atoms with Gasteiger partial charge in [0.25, 0.3) is 0 Å². The number of hydrogen-bond acceptors (Lipinski definition) is 3. The van der Waals surface area contributed by atoms with Crippen LogP contribution in [-0.4, -0.2) is 34.8 Å². The van der Waals surface area contributed by atoms with Crippen molar-refractivity contribution in [1.29, 1.82) is 0 Å². The summed E-state index contributed by atoms with van der Waals surface area (Å²) >= 11 is 0. The second kappa shape index (κ2) is 9.97. The van der Waals surface area contributed by atoms with E-state index in [0.29, 0.717) is 32.1 Å². The molecule has 1 aliphatic carbocycles. The number of allylic oxidation sites excluding steroid dienone is 2. The minimum Gasteiger partial charge on any atom is -0.294 e. The molecule has 0 heterocycles. The van der Waals surface area contributed by atoms with Gasteiger partial charge in [-0.15, -0.1) is 0 Å². The summed E-state index contributed by atoms with van der Waals surface area (Å²) in [6, 6.07) is 16.4. The lowest BCUT2D eigenvalue weighted by Gasteiger charge is -2.08. The fraction of sp³-hybridized carbons (Fsp3) is 0.250. The van der Waals surface area contributed by atoms with E-state index in [1.54, 1.807) is 24.3 Å². The lowest BCUT2D eigenvalue weighted by atomic mass is 9.97. The summed E-state index contributed by atoms with van der Waals surface area (Å²) in [6.45, 7) is 0. The van der Waals surface area contributed by atoms with Gasteiger partial charge in [-0.25, -0.2) is 8.42 Å². The third kappa shape index (κ3) is 5.08. The summed E-state index contributed by atoms with van der Waals surface area (Å²) in [5, 5.41) is 0. The molecule has 3 rings (SSSR count). The van der Waals surface area contributed by atoms with E-state index >= 15 is 0 Å². The van der Waals surface area contributed by atoms with Crippen LogP contribution in [0.15, 0.2) is 59.5 Å². The van der Waals surface area contributed by atoms with Crippen LogP contribution >= 0.6 is 0 Å². The highest BCUT2D eigenvalue weighted by atomic mass is 32.2. The zero-order chi connectivity index (χ0) is 19.7. The molecule has 6 heteroatoms. The molecule has 0 aliphatic heterocycles. The molecule has 0 atom stereocenters. The molecule has 0 unspecified atom stereocenters. The number of carbonyl (C=O) groups is 1. The Labute approximate surface area is 153 Å². The van der Waals surface area contributed by atoms with Crippen molar-refractivity contribution in [1.82, 2.24) is 0 Å². The Morgan fingerprint density at radius 2 is 1.31 bits per heavy atom. The minimum atomic E-state index is -3.20. The molecule has 0 aromatic heterocycles. The third-order valence-electron chi connectivity index (χ3n) is 3.88. The fourth-order valence-electron chi connectivity index (χ4n) is 2.79. The Kier molecular flexibility index (Phi) is 8.32. The number of carbonyl (C=O) groups excluding carboxylic acids is 1. The molecule has 0 saturated carbocycles. The summed E-state index contributed by atoms with van der Waals surface area (Å²) in [4.78, 5) is 12.5. The van der Waals surface area contributed by atoms with Gasteiger partial charge in [0.15, 0.2) is 15.6 Å². The van der Waals surface area contributed by atoms with Crippen LogP contribution in [0.4, 0.5) is 8.78 Å². The van der Waals surface area contributed by atoms with E-state index in [0.717, 1.165) is 22.3 Å². The summed E-state index contributed by atoms with van der Waals surface area (Å²) in [6.07, 6.45) is 2.39. The number of halogens is 2. The molecule has 0 bridgehead atoms. The smallest absolute Gasteiger partial charge is 0.175 e. The zero-order valence-electron chi connectivity index (χ0n) is 15.0. The molecule has 0 radical (unpaired) electrons. The number of alkyl halides is 2. The molecule has 0 saturated heterocycles. The standard InChI is InChI=1S/C18H16O3S.2CH3F/c1-22(20,21)15-9-7-13(8-10-15)16-11-12-17(19)18(16)14-5-3-2-4-6-14;2*1-2/h2-10H,11-12H2,1H3;2*1H3. The summed E-state index contributed by atoms with van der Waals surface area (Å²) in [5.41, 5.74) is 3.59. The largest absolute Gasteiger partial charge is 0.294 e. The van der Waals surface area contributed by atoms with E-state index in [4.69, 9.17) is 0 Å². The Morgan fingerprint density at radius 3 is 1.81 bits per heavy atom. The fourth-order valence-corrected chi connectivity index (χ4v) is 3.42. The highest BCUT2D eigenvalue weighted by molar-refractivity contribution is 7.90. The van der Waals surface area contributed by atoms with Crippen LogP contribution in [0.3, 0.4) is 0 Å².